The molecule has 1 unspecified atom stereocenters. The molecule has 0 aliphatic heterocycles. The highest BCUT2D eigenvalue weighted by atomic mass is 31.2. The normalized spacial score (nSPS) is 14.3. The van der Waals surface area contributed by atoms with E-state index < -0.39 is 7.82 Å². The van der Waals surface area contributed by atoms with Gasteiger partial charge in [-0.2, -0.15) is 0 Å². The Morgan fingerprint density at radius 1 is 0.650 bits per heavy atom. The molecule has 0 radical (unpaired) electrons. The van der Waals surface area contributed by atoms with E-state index in [-0.39, 0.29) is 0 Å². The molecule has 0 aliphatic rings. The van der Waals surface area contributed by atoms with Gasteiger partial charge in [-0.3, -0.25) is 13.6 Å². The zero-order chi connectivity index (χ0) is 15.1. The molecule has 0 heterocycles. The van der Waals surface area contributed by atoms with Gasteiger partial charge in [0.1, 0.15) is 0 Å². The molecular weight excluding hydrogens is 275 g/mol. The predicted octanol–water partition coefficient (Wildman–Crippen LogP) is 5.71. The van der Waals surface area contributed by atoms with E-state index in [0.717, 1.165) is 32.1 Å². The third-order valence-electron chi connectivity index (χ3n) is 3.03. The van der Waals surface area contributed by atoms with Crippen LogP contribution in [0.2, 0.25) is 0 Å². The Labute approximate surface area is 125 Å². The second kappa shape index (κ2) is 14.1. The molecule has 1 atom stereocenters. The van der Waals surface area contributed by atoms with Crippen LogP contribution in [-0.2, 0) is 18.1 Å². The monoisotopic (exact) mass is 308 g/mol. The average Bonchev–Trinajstić information content (AvgIpc) is 2.43. The molecule has 20 heavy (non-hydrogen) atoms. The summed E-state index contributed by atoms with van der Waals surface area (Å²) in [6, 6.07) is 0. The zero-order valence-electron chi connectivity index (χ0n) is 13.6. The molecular formula is C15H33O4P. The summed E-state index contributed by atoms with van der Waals surface area (Å²) in [5, 5.41) is 0. The Morgan fingerprint density at radius 2 is 1.10 bits per heavy atom. The largest absolute Gasteiger partial charge is 0.474 e. The zero-order valence-corrected chi connectivity index (χ0v) is 14.5. The SMILES string of the molecule is CCCCCCCCOP(=O)(OCC)OCCCCC. The molecule has 0 saturated carbocycles. The third kappa shape index (κ3) is 11.9. The van der Waals surface area contributed by atoms with E-state index in [1.807, 2.05) is 0 Å². The molecule has 0 aliphatic carbocycles. The van der Waals surface area contributed by atoms with Crippen LogP contribution in [0.1, 0.15) is 78.6 Å². The van der Waals surface area contributed by atoms with E-state index in [2.05, 4.69) is 13.8 Å². The predicted molar refractivity (Wildman–Crippen MR) is 84.0 cm³/mol. The van der Waals surface area contributed by atoms with Gasteiger partial charge in [-0.15, -0.1) is 0 Å². The van der Waals surface area contributed by atoms with Gasteiger partial charge in [0.2, 0.25) is 0 Å². The fourth-order valence-electron chi connectivity index (χ4n) is 1.86. The Kier molecular flexibility index (Phi) is 14.1. The van der Waals surface area contributed by atoms with E-state index in [4.69, 9.17) is 13.6 Å². The second-order valence-corrected chi connectivity index (χ2v) is 6.68. The molecule has 0 saturated heterocycles. The van der Waals surface area contributed by atoms with Crippen molar-refractivity contribution in [3.63, 3.8) is 0 Å². The first-order valence-corrected chi connectivity index (χ1v) is 9.68. The molecule has 0 aromatic carbocycles. The topological polar surface area (TPSA) is 44.8 Å². The fourth-order valence-corrected chi connectivity index (χ4v) is 3.10. The van der Waals surface area contributed by atoms with Crippen molar-refractivity contribution in [1.82, 2.24) is 0 Å². The van der Waals surface area contributed by atoms with Gasteiger partial charge < -0.3 is 0 Å². The summed E-state index contributed by atoms with van der Waals surface area (Å²) in [6.45, 7) is 7.38. The highest BCUT2D eigenvalue weighted by Crippen LogP contribution is 2.49. The maximum absolute atomic E-state index is 12.2. The summed E-state index contributed by atoms with van der Waals surface area (Å²) in [6.07, 6.45) is 10.1. The van der Waals surface area contributed by atoms with Crippen molar-refractivity contribution in [1.29, 1.82) is 0 Å². The van der Waals surface area contributed by atoms with Gasteiger partial charge in [0.05, 0.1) is 19.8 Å². The molecule has 0 bridgehead atoms. The van der Waals surface area contributed by atoms with E-state index in [9.17, 15) is 4.57 Å². The van der Waals surface area contributed by atoms with Crippen molar-refractivity contribution < 1.29 is 18.1 Å². The van der Waals surface area contributed by atoms with Crippen LogP contribution < -0.4 is 0 Å². The standard InChI is InChI=1S/C15H33O4P/c1-4-7-9-10-11-13-15-19-20(16,17-6-3)18-14-12-8-5-2/h4-15H2,1-3H3. The lowest BCUT2D eigenvalue weighted by Gasteiger charge is -2.17. The molecule has 0 amide bonds. The van der Waals surface area contributed by atoms with Gasteiger partial charge in [-0.25, -0.2) is 4.57 Å². The number of unbranched alkanes of at least 4 members (excludes halogenated alkanes) is 7. The Morgan fingerprint density at radius 3 is 1.65 bits per heavy atom. The smallest absolute Gasteiger partial charge is 0.287 e. The first-order valence-electron chi connectivity index (χ1n) is 8.22. The number of rotatable bonds is 15. The van der Waals surface area contributed by atoms with Crippen molar-refractivity contribution in [2.75, 3.05) is 19.8 Å². The highest BCUT2D eigenvalue weighted by molar-refractivity contribution is 7.48. The minimum absolute atomic E-state index is 0.349. The van der Waals surface area contributed by atoms with Crippen molar-refractivity contribution in [3.8, 4) is 0 Å². The van der Waals surface area contributed by atoms with E-state index in [1.54, 1.807) is 6.92 Å². The molecule has 0 aromatic heterocycles. The van der Waals surface area contributed by atoms with Crippen molar-refractivity contribution in [2.45, 2.75) is 78.6 Å². The van der Waals surface area contributed by atoms with Gasteiger partial charge >= 0.3 is 7.82 Å². The van der Waals surface area contributed by atoms with Crippen LogP contribution >= 0.6 is 7.82 Å². The Hall–Kier alpha value is 0.110. The van der Waals surface area contributed by atoms with Crippen LogP contribution in [0, 0.1) is 0 Å². The van der Waals surface area contributed by atoms with Crippen LogP contribution in [0.25, 0.3) is 0 Å². The summed E-state index contributed by atoms with van der Waals surface area (Å²) in [7, 11) is -3.32. The lowest BCUT2D eigenvalue weighted by molar-refractivity contribution is 0.114. The molecule has 0 N–H and O–H groups in total. The number of hydrogen-bond acceptors (Lipinski definition) is 4. The number of phosphoric ester groups is 1. The quantitative estimate of drug-likeness (QED) is 0.287. The maximum Gasteiger partial charge on any atom is 0.474 e. The van der Waals surface area contributed by atoms with Crippen molar-refractivity contribution in [2.24, 2.45) is 0 Å². The fraction of sp³-hybridized carbons (Fsp3) is 1.00. The highest BCUT2D eigenvalue weighted by Gasteiger charge is 2.25. The third-order valence-corrected chi connectivity index (χ3v) is 4.60. The van der Waals surface area contributed by atoms with Gasteiger partial charge in [0.15, 0.2) is 0 Å². The first kappa shape index (κ1) is 20.1. The van der Waals surface area contributed by atoms with Gasteiger partial charge in [-0.1, -0.05) is 58.8 Å². The Balaban J connectivity index is 3.74. The van der Waals surface area contributed by atoms with Crippen molar-refractivity contribution in [3.05, 3.63) is 0 Å². The molecule has 4 nitrogen and oxygen atoms in total. The Bertz CT molecular complexity index is 246. The lowest BCUT2D eigenvalue weighted by Crippen LogP contribution is -2.03. The first-order chi connectivity index (χ1) is 9.68. The molecule has 5 heteroatoms. The van der Waals surface area contributed by atoms with Gasteiger partial charge in [-0.05, 0) is 19.8 Å². The van der Waals surface area contributed by atoms with Crippen LogP contribution in [0.15, 0.2) is 0 Å². The summed E-state index contributed by atoms with van der Waals surface area (Å²) in [4.78, 5) is 0. The number of hydrogen-bond donors (Lipinski definition) is 0. The molecule has 0 spiro atoms. The summed E-state index contributed by atoms with van der Waals surface area (Å²) in [5.74, 6) is 0. The van der Waals surface area contributed by atoms with Gasteiger partial charge in [0.25, 0.3) is 0 Å². The molecule has 122 valence electrons. The second-order valence-electron chi connectivity index (χ2n) is 5.01. The minimum atomic E-state index is -3.32. The van der Waals surface area contributed by atoms with Crippen LogP contribution in [-0.4, -0.2) is 19.8 Å². The van der Waals surface area contributed by atoms with Crippen LogP contribution in [0.3, 0.4) is 0 Å². The van der Waals surface area contributed by atoms with Crippen LogP contribution in [0.5, 0.6) is 0 Å². The van der Waals surface area contributed by atoms with E-state index >= 15 is 0 Å². The molecule has 0 fully saturated rings. The van der Waals surface area contributed by atoms with Crippen LogP contribution in [0.4, 0.5) is 0 Å². The van der Waals surface area contributed by atoms with Crippen molar-refractivity contribution >= 4 is 7.82 Å². The van der Waals surface area contributed by atoms with Gasteiger partial charge in [0, 0.05) is 0 Å². The van der Waals surface area contributed by atoms with E-state index in [0.29, 0.717) is 19.8 Å². The minimum Gasteiger partial charge on any atom is -0.287 e. The summed E-state index contributed by atoms with van der Waals surface area (Å²) >= 11 is 0. The summed E-state index contributed by atoms with van der Waals surface area (Å²) < 4.78 is 28.1. The molecule has 0 rings (SSSR count). The number of phosphoric acid groups is 1. The lowest BCUT2D eigenvalue weighted by atomic mass is 10.1. The summed E-state index contributed by atoms with van der Waals surface area (Å²) in [5.41, 5.74) is 0. The maximum atomic E-state index is 12.2. The molecule has 0 aromatic rings. The average molecular weight is 308 g/mol. The van der Waals surface area contributed by atoms with E-state index in [1.165, 1.54) is 25.7 Å².